The first-order valence-electron chi connectivity index (χ1n) is 9.26. The average Bonchev–Trinajstić information content (AvgIpc) is 3.34. The number of carbonyl (C=O) groups is 2. The number of nitrogens with one attached hydrogen (secondary N) is 2. The van der Waals surface area contributed by atoms with Crippen LogP contribution in [0.2, 0.25) is 0 Å². The maximum absolute atomic E-state index is 12.2. The zero-order chi connectivity index (χ0) is 22.0. The predicted octanol–water partition coefficient (Wildman–Crippen LogP) is 3.65. The van der Waals surface area contributed by atoms with Crippen LogP contribution < -0.4 is 10.6 Å². The fourth-order valence-electron chi connectivity index (χ4n) is 3.06. The van der Waals surface area contributed by atoms with Gasteiger partial charge in [0.1, 0.15) is 0 Å². The van der Waals surface area contributed by atoms with Crippen LogP contribution in [0.15, 0.2) is 60.2 Å². The van der Waals surface area contributed by atoms with Crippen molar-refractivity contribution in [2.24, 2.45) is 0 Å². The molecule has 31 heavy (non-hydrogen) atoms. The van der Waals surface area contributed by atoms with Crippen molar-refractivity contribution in [1.82, 2.24) is 14.7 Å². The Morgan fingerprint density at radius 1 is 1.19 bits per heavy atom. The van der Waals surface area contributed by atoms with E-state index in [4.69, 9.17) is 0 Å². The molecule has 0 atom stereocenters. The number of aromatic nitrogens is 2. The summed E-state index contributed by atoms with van der Waals surface area (Å²) in [4.78, 5) is 40.2. The molecule has 0 bridgehead atoms. The molecule has 0 saturated carbocycles. The van der Waals surface area contributed by atoms with Gasteiger partial charge in [-0.2, -0.15) is 0 Å². The van der Waals surface area contributed by atoms with Gasteiger partial charge < -0.3 is 10.6 Å². The highest BCUT2D eigenvalue weighted by molar-refractivity contribution is 7.15. The van der Waals surface area contributed by atoms with Crippen molar-refractivity contribution in [1.29, 1.82) is 0 Å². The van der Waals surface area contributed by atoms with E-state index >= 15 is 0 Å². The van der Waals surface area contributed by atoms with Crippen LogP contribution in [0.3, 0.4) is 0 Å². The lowest BCUT2D eigenvalue weighted by molar-refractivity contribution is -0.385. The first-order chi connectivity index (χ1) is 14.9. The number of aryl methyl sites for hydroxylation is 1. The van der Waals surface area contributed by atoms with E-state index in [2.05, 4.69) is 15.6 Å². The number of amides is 2. The maximum Gasteiger partial charge on any atom is 0.272 e. The summed E-state index contributed by atoms with van der Waals surface area (Å²) in [6, 6.07) is 11.3. The molecule has 0 aliphatic heterocycles. The number of benzene rings is 2. The smallest absolute Gasteiger partial charge is 0.272 e. The van der Waals surface area contributed by atoms with E-state index < -0.39 is 10.8 Å². The number of nitro groups is 1. The molecular weight excluding hydrogens is 418 g/mol. The van der Waals surface area contributed by atoms with E-state index in [1.807, 2.05) is 34.3 Å². The zero-order valence-corrected chi connectivity index (χ0v) is 17.2. The van der Waals surface area contributed by atoms with Crippen LogP contribution >= 0.6 is 11.3 Å². The summed E-state index contributed by atoms with van der Waals surface area (Å²) >= 11 is 1.55. The highest BCUT2D eigenvalue weighted by Crippen LogP contribution is 2.23. The van der Waals surface area contributed by atoms with Gasteiger partial charge in [0, 0.05) is 46.2 Å². The number of rotatable bonds is 6. The molecule has 2 heterocycles. The van der Waals surface area contributed by atoms with Gasteiger partial charge in [0.2, 0.25) is 5.91 Å². The second-order valence-electron chi connectivity index (χ2n) is 6.79. The van der Waals surface area contributed by atoms with Crippen molar-refractivity contribution >= 4 is 39.5 Å². The first-order valence-corrected chi connectivity index (χ1v) is 10.1. The summed E-state index contributed by atoms with van der Waals surface area (Å²) in [7, 11) is 0. The number of fused-ring (bicyclic) bond motifs is 1. The van der Waals surface area contributed by atoms with Crippen molar-refractivity contribution in [3.63, 3.8) is 0 Å². The molecule has 0 aliphatic rings. The Labute approximate surface area is 180 Å². The zero-order valence-electron chi connectivity index (χ0n) is 16.4. The number of nitro benzene ring substituents is 1. The molecule has 0 radical (unpaired) electrons. The number of anilines is 1. The van der Waals surface area contributed by atoms with Gasteiger partial charge in [0.05, 0.1) is 17.2 Å². The third kappa shape index (κ3) is 4.43. The number of carbonyl (C=O) groups excluding carboxylic acids is 2. The molecule has 2 N–H and O–H groups in total. The van der Waals surface area contributed by atoms with Gasteiger partial charge in [-0.3, -0.25) is 24.1 Å². The van der Waals surface area contributed by atoms with Crippen LogP contribution in [-0.2, 0) is 4.79 Å². The minimum absolute atomic E-state index is 0.0619. The largest absolute Gasteiger partial charge is 0.343 e. The normalized spacial score (nSPS) is 10.7. The molecule has 2 aromatic heterocycles. The van der Waals surface area contributed by atoms with Crippen molar-refractivity contribution in [2.75, 3.05) is 11.9 Å². The Morgan fingerprint density at radius 2 is 1.97 bits per heavy atom. The van der Waals surface area contributed by atoms with Gasteiger partial charge >= 0.3 is 0 Å². The third-order valence-electron chi connectivity index (χ3n) is 4.62. The summed E-state index contributed by atoms with van der Waals surface area (Å²) in [5.74, 6) is -0.870. The topological polar surface area (TPSA) is 119 Å². The average molecular weight is 435 g/mol. The Balaban J connectivity index is 1.33. The fraction of sp³-hybridized carbons (Fsp3) is 0.0952. The van der Waals surface area contributed by atoms with Crippen molar-refractivity contribution in [3.8, 4) is 11.3 Å². The minimum atomic E-state index is -0.509. The van der Waals surface area contributed by atoms with Gasteiger partial charge in [0.25, 0.3) is 11.6 Å². The molecule has 4 aromatic rings. The molecule has 10 heteroatoms. The molecule has 2 aromatic carbocycles. The van der Waals surface area contributed by atoms with Gasteiger partial charge in [-0.25, -0.2) is 4.98 Å². The summed E-state index contributed by atoms with van der Waals surface area (Å²) in [6.07, 6.45) is 3.88. The molecular formula is C21H17N5O4S. The molecule has 0 aliphatic carbocycles. The number of imidazole rings is 1. The number of nitrogens with zero attached hydrogens (tertiary/aromatic N) is 3. The summed E-state index contributed by atoms with van der Waals surface area (Å²) in [5, 5.41) is 18.1. The first kappa shape index (κ1) is 20.2. The number of hydrogen-bond donors (Lipinski definition) is 2. The molecule has 4 rings (SSSR count). The second kappa shape index (κ2) is 8.36. The van der Waals surface area contributed by atoms with Gasteiger partial charge in [-0.05, 0) is 31.2 Å². The SMILES string of the molecule is Cc1cc(C(=O)NCC(=O)Nc2ccc(-c3cn4ccsc4n3)cc2)ccc1[N+](=O)[O-]. The highest BCUT2D eigenvalue weighted by Gasteiger charge is 2.14. The van der Waals surface area contributed by atoms with Crippen LogP contribution in [-0.4, -0.2) is 32.7 Å². The highest BCUT2D eigenvalue weighted by atomic mass is 32.1. The van der Waals surface area contributed by atoms with Gasteiger partial charge in [-0.15, -0.1) is 11.3 Å². The maximum atomic E-state index is 12.2. The molecule has 156 valence electrons. The number of hydrogen-bond acceptors (Lipinski definition) is 6. The van der Waals surface area contributed by atoms with E-state index in [9.17, 15) is 19.7 Å². The monoisotopic (exact) mass is 435 g/mol. The lowest BCUT2D eigenvalue weighted by atomic mass is 10.1. The Bertz CT molecular complexity index is 1260. The van der Waals surface area contributed by atoms with Crippen LogP contribution in [0.4, 0.5) is 11.4 Å². The van der Waals surface area contributed by atoms with Crippen molar-refractivity contribution < 1.29 is 14.5 Å². The molecule has 9 nitrogen and oxygen atoms in total. The standard InChI is InChI=1S/C21H17N5O4S/c1-13-10-15(4-7-18(13)26(29)30)20(28)22-11-19(27)23-16-5-2-14(3-6-16)17-12-25-8-9-31-21(25)24-17/h2-10,12H,11H2,1H3,(H,22,28)(H,23,27). The fourth-order valence-corrected chi connectivity index (χ4v) is 3.76. The second-order valence-corrected chi connectivity index (χ2v) is 7.66. The molecule has 0 fully saturated rings. The van der Waals surface area contributed by atoms with Crippen molar-refractivity contribution in [2.45, 2.75) is 6.92 Å². The van der Waals surface area contributed by atoms with Crippen LogP contribution in [0.25, 0.3) is 16.2 Å². The van der Waals surface area contributed by atoms with E-state index in [-0.39, 0.29) is 23.7 Å². The molecule has 0 unspecified atom stereocenters. The Hall–Kier alpha value is -4.05. The molecule has 0 saturated heterocycles. The van der Waals surface area contributed by atoms with Gasteiger partial charge in [-0.1, -0.05) is 12.1 Å². The number of thiazole rings is 1. The lowest BCUT2D eigenvalue weighted by Crippen LogP contribution is -2.32. The molecule has 2 amide bonds. The predicted molar refractivity (Wildman–Crippen MR) is 117 cm³/mol. The van der Waals surface area contributed by atoms with E-state index in [1.54, 1.807) is 30.4 Å². The van der Waals surface area contributed by atoms with E-state index in [1.165, 1.54) is 18.2 Å². The summed E-state index contributed by atoms with van der Waals surface area (Å²) in [5.41, 5.74) is 2.93. The Morgan fingerprint density at radius 3 is 2.65 bits per heavy atom. The van der Waals surface area contributed by atoms with E-state index in [0.717, 1.165) is 16.2 Å². The van der Waals surface area contributed by atoms with Gasteiger partial charge in [0.15, 0.2) is 4.96 Å². The molecule has 0 spiro atoms. The third-order valence-corrected chi connectivity index (χ3v) is 5.39. The summed E-state index contributed by atoms with van der Waals surface area (Å²) < 4.78 is 1.95. The lowest BCUT2D eigenvalue weighted by Gasteiger charge is -2.08. The Kier molecular flexibility index (Phi) is 5.46. The van der Waals surface area contributed by atoms with E-state index in [0.29, 0.717) is 11.3 Å². The van der Waals surface area contributed by atoms with Crippen LogP contribution in [0.5, 0.6) is 0 Å². The van der Waals surface area contributed by atoms with Crippen LogP contribution in [0.1, 0.15) is 15.9 Å². The van der Waals surface area contributed by atoms with Crippen molar-refractivity contribution in [3.05, 3.63) is 81.5 Å². The van der Waals surface area contributed by atoms with Crippen LogP contribution in [0, 0.1) is 17.0 Å². The quantitative estimate of drug-likeness (QED) is 0.354. The minimum Gasteiger partial charge on any atom is -0.343 e. The summed E-state index contributed by atoms with van der Waals surface area (Å²) in [6.45, 7) is 1.33.